The number of hydrogen-bond acceptors (Lipinski definition) is 5. The molecule has 1 aliphatic heterocycles. The highest BCUT2D eigenvalue weighted by Gasteiger charge is 2.30. The molecule has 0 aliphatic carbocycles. The molecule has 0 fully saturated rings. The summed E-state index contributed by atoms with van der Waals surface area (Å²) in [6.07, 6.45) is -2.54. The van der Waals surface area contributed by atoms with Gasteiger partial charge in [-0.15, -0.1) is 0 Å². The number of aromatic nitrogens is 2. The van der Waals surface area contributed by atoms with Crippen LogP contribution in [0.4, 0.5) is 13.2 Å². The van der Waals surface area contributed by atoms with Crippen molar-refractivity contribution in [3.63, 3.8) is 0 Å². The van der Waals surface area contributed by atoms with Crippen LogP contribution in [0.15, 0.2) is 65.6 Å². The zero-order valence-corrected chi connectivity index (χ0v) is 21.1. The molecule has 0 saturated carbocycles. The van der Waals surface area contributed by atoms with Crippen LogP contribution in [-0.2, 0) is 25.7 Å². The highest BCUT2D eigenvalue weighted by Crippen LogP contribution is 2.31. The summed E-state index contributed by atoms with van der Waals surface area (Å²) in [6.45, 7) is 1.13. The number of hydrogen-bond donors (Lipinski definition) is 1. The first-order valence-corrected chi connectivity index (χ1v) is 12.1. The summed E-state index contributed by atoms with van der Waals surface area (Å²) in [7, 11) is 0. The quantitative estimate of drug-likeness (QED) is 0.325. The largest absolute Gasteiger partial charge is 0.463 e. The number of halogens is 5. The smallest absolute Gasteiger partial charge is 0.416 e. The van der Waals surface area contributed by atoms with Crippen LogP contribution in [-0.4, -0.2) is 21.4 Å². The Morgan fingerprint density at radius 1 is 1.11 bits per heavy atom. The van der Waals surface area contributed by atoms with Crippen molar-refractivity contribution in [3.8, 4) is 11.4 Å². The minimum Gasteiger partial charge on any atom is -0.463 e. The van der Waals surface area contributed by atoms with Crippen molar-refractivity contribution in [1.29, 1.82) is 0 Å². The summed E-state index contributed by atoms with van der Waals surface area (Å²) in [5.74, 6) is 0.224. The van der Waals surface area contributed by atoms with Crippen LogP contribution in [0, 0.1) is 0 Å². The van der Waals surface area contributed by atoms with Gasteiger partial charge >= 0.3 is 6.18 Å². The van der Waals surface area contributed by atoms with Crippen LogP contribution >= 0.6 is 31.9 Å². The van der Waals surface area contributed by atoms with E-state index in [1.54, 1.807) is 12.1 Å². The van der Waals surface area contributed by atoms with Gasteiger partial charge in [-0.3, -0.25) is 14.5 Å². The number of benzene rings is 2. The summed E-state index contributed by atoms with van der Waals surface area (Å²) < 4.78 is 45.6. The van der Waals surface area contributed by atoms with E-state index in [1.165, 1.54) is 18.4 Å². The van der Waals surface area contributed by atoms with Gasteiger partial charge in [-0.2, -0.15) is 13.2 Å². The number of nitrogens with one attached hydrogen (secondary N) is 1. The Morgan fingerprint density at radius 2 is 1.86 bits per heavy atom. The normalized spacial score (nSPS) is 14.3. The minimum absolute atomic E-state index is 0.149. The lowest BCUT2D eigenvalue weighted by atomic mass is 10.0. The molecular formula is C24H16Br2F3N3O3. The SMILES string of the molecule is O=c1[nH]c(-c2ccc(C(F)(F)F)cc2)nc2c1CN(Cc1coc3c(Br)cc(Br)cc3c1=O)CC2. The molecule has 2 aromatic carbocycles. The highest BCUT2D eigenvalue weighted by atomic mass is 79.9. The van der Waals surface area contributed by atoms with Gasteiger partial charge in [-0.05, 0) is 40.2 Å². The Balaban J connectivity index is 1.40. The van der Waals surface area contributed by atoms with E-state index in [4.69, 9.17) is 4.42 Å². The second-order valence-corrected chi connectivity index (χ2v) is 10.00. The van der Waals surface area contributed by atoms with Gasteiger partial charge in [0, 0.05) is 41.7 Å². The Bertz CT molecular complexity index is 1560. The minimum atomic E-state index is -4.44. The Labute approximate surface area is 213 Å². The number of nitrogens with zero attached hydrogens (tertiary/aromatic N) is 2. The first kappa shape index (κ1) is 24.0. The second-order valence-electron chi connectivity index (χ2n) is 8.23. The van der Waals surface area contributed by atoms with E-state index in [0.717, 1.165) is 16.6 Å². The molecule has 2 aromatic heterocycles. The third-order valence-corrected chi connectivity index (χ3v) is 6.94. The molecule has 0 saturated heterocycles. The molecular weight excluding hydrogens is 595 g/mol. The fourth-order valence-electron chi connectivity index (χ4n) is 4.13. The number of fused-ring (bicyclic) bond motifs is 2. The summed E-state index contributed by atoms with van der Waals surface area (Å²) in [5.41, 5.74) is 1.12. The van der Waals surface area contributed by atoms with Crippen molar-refractivity contribution in [3.05, 3.63) is 94.6 Å². The van der Waals surface area contributed by atoms with E-state index in [-0.39, 0.29) is 23.4 Å². The number of alkyl halides is 3. The molecule has 0 unspecified atom stereocenters. The van der Waals surface area contributed by atoms with Crippen molar-refractivity contribution in [2.75, 3.05) is 6.54 Å². The number of rotatable bonds is 3. The zero-order valence-electron chi connectivity index (χ0n) is 17.9. The third-order valence-electron chi connectivity index (χ3n) is 5.89. The molecule has 5 rings (SSSR count). The number of aromatic amines is 1. The van der Waals surface area contributed by atoms with Gasteiger partial charge < -0.3 is 9.40 Å². The molecule has 0 bridgehead atoms. The van der Waals surface area contributed by atoms with E-state index >= 15 is 0 Å². The second kappa shape index (κ2) is 9.03. The first-order valence-electron chi connectivity index (χ1n) is 10.5. The first-order chi connectivity index (χ1) is 16.6. The fourth-order valence-corrected chi connectivity index (χ4v) is 5.44. The van der Waals surface area contributed by atoms with Gasteiger partial charge in [0.1, 0.15) is 5.82 Å². The molecule has 1 N–H and O–H groups in total. The van der Waals surface area contributed by atoms with Gasteiger partial charge in [0.2, 0.25) is 0 Å². The van der Waals surface area contributed by atoms with Gasteiger partial charge in [0.25, 0.3) is 5.56 Å². The summed E-state index contributed by atoms with van der Waals surface area (Å²) in [4.78, 5) is 35.0. The van der Waals surface area contributed by atoms with E-state index in [0.29, 0.717) is 57.3 Å². The molecule has 35 heavy (non-hydrogen) atoms. The van der Waals surface area contributed by atoms with Crippen LogP contribution in [0.25, 0.3) is 22.4 Å². The Hall–Kier alpha value is -2.76. The molecule has 3 heterocycles. The molecule has 1 aliphatic rings. The van der Waals surface area contributed by atoms with Crippen LogP contribution in [0.2, 0.25) is 0 Å². The van der Waals surface area contributed by atoms with Crippen molar-refractivity contribution < 1.29 is 17.6 Å². The predicted molar refractivity (Wildman–Crippen MR) is 131 cm³/mol. The van der Waals surface area contributed by atoms with E-state index in [9.17, 15) is 22.8 Å². The van der Waals surface area contributed by atoms with Crippen molar-refractivity contribution >= 4 is 42.8 Å². The van der Waals surface area contributed by atoms with Gasteiger partial charge in [-0.25, -0.2) is 4.98 Å². The van der Waals surface area contributed by atoms with Crippen LogP contribution in [0.5, 0.6) is 0 Å². The number of H-pyrrole nitrogens is 1. The molecule has 0 amide bonds. The maximum Gasteiger partial charge on any atom is 0.416 e. The fraction of sp³-hybridized carbons (Fsp3) is 0.208. The van der Waals surface area contributed by atoms with E-state index < -0.39 is 11.7 Å². The topological polar surface area (TPSA) is 79.2 Å². The highest BCUT2D eigenvalue weighted by molar-refractivity contribution is 9.11. The lowest BCUT2D eigenvalue weighted by molar-refractivity contribution is -0.137. The van der Waals surface area contributed by atoms with Crippen LogP contribution in [0.1, 0.15) is 22.4 Å². The maximum absolute atomic E-state index is 13.0. The monoisotopic (exact) mass is 609 g/mol. The zero-order chi connectivity index (χ0) is 24.9. The van der Waals surface area contributed by atoms with Gasteiger partial charge in [0.15, 0.2) is 11.0 Å². The molecule has 11 heteroatoms. The Kier molecular flexibility index (Phi) is 6.18. The van der Waals surface area contributed by atoms with Crippen LogP contribution in [0.3, 0.4) is 0 Å². The van der Waals surface area contributed by atoms with Crippen LogP contribution < -0.4 is 11.0 Å². The van der Waals surface area contributed by atoms with Gasteiger partial charge in [-0.1, -0.05) is 28.1 Å². The van der Waals surface area contributed by atoms with E-state index in [2.05, 4.69) is 41.8 Å². The van der Waals surface area contributed by atoms with Crippen molar-refractivity contribution in [2.24, 2.45) is 0 Å². The summed E-state index contributed by atoms with van der Waals surface area (Å²) in [6, 6.07) is 8.01. The van der Waals surface area contributed by atoms with Gasteiger partial charge in [0.05, 0.1) is 32.9 Å². The Morgan fingerprint density at radius 3 is 2.57 bits per heavy atom. The average molecular weight is 611 g/mol. The summed E-state index contributed by atoms with van der Waals surface area (Å²) in [5, 5.41) is 0.446. The molecule has 0 spiro atoms. The third kappa shape index (κ3) is 4.72. The van der Waals surface area contributed by atoms with E-state index in [1.807, 2.05) is 4.90 Å². The molecule has 6 nitrogen and oxygen atoms in total. The average Bonchev–Trinajstić information content (AvgIpc) is 2.81. The van der Waals surface area contributed by atoms with Crippen molar-refractivity contribution in [2.45, 2.75) is 25.7 Å². The lowest BCUT2D eigenvalue weighted by Crippen LogP contribution is -2.36. The maximum atomic E-state index is 13.0. The lowest BCUT2D eigenvalue weighted by Gasteiger charge is -2.27. The molecule has 0 atom stereocenters. The molecule has 0 radical (unpaired) electrons. The predicted octanol–water partition coefficient (Wildman–Crippen LogP) is 5.65. The molecule has 180 valence electrons. The standard InChI is InChI=1S/C24H16Br2F3N3O3/c25-15-7-16-20(33)13(11-35-21(16)18(26)8-15)9-32-6-5-19-17(10-32)23(34)31-22(30-19)12-1-3-14(4-2-12)24(27,28)29/h1-4,7-8,11H,5-6,9-10H2,(H,30,31,34). The summed E-state index contributed by atoms with van der Waals surface area (Å²) >= 11 is 6.78. The molecule has 4 aromatic rings. The van der Waals surface area contributed by atoms with Crippen molar-refractivity contribution in [1.82, 2.24) is 14.9 Å².